The zero-order valence-corrected chi connectivity index (χ0v) is 11.3. The van der Waals surface area contributed by atoms with Crippen molar-refractivity contribution in [2.75, 3.05) is 37.9 Å². The van der Waals surface area contributed by atoms with Gasteiger partial charge in [-0.2, -0.15) is 0 Å². The minimum atomic E-state index is -0.0635. The molecule has 5 heteroatoms. The van der Waals surface area contributed by atoms with Crippen molar-refractivity contribution in [3.63, 3.8) is 0 Å². The lowest BCUT2D eigenvalue weighted by atomic mass is 9.99. The molecule has 104 valence electrons. The molecule has 1 atom stereocenters. The highest BCUT2D eigenvalue weighted by molar-refractivity contribution is 5.89. The maximum atomic E-state index is 12.2. The predicted molar refractivity (Wildman–Crippen MR) is 76.0 cm³/mol. The number of amides is 2. The Bertz CT molecular complexity index is 434. The molecule has 0 spiro atoms. The number of nitrogen functional groups attached to an aromatic ring is 1. The number of carbonyl (C=O) groups is 1. The van der Waals surface area contributed by atoms with E-state index in [1.54, 1.807) is 19.2 Å². The third kappa shape index (κ3) is 3.86. The monoisotopic (exact) mass is 263 g/mol. The fraction of sp³-hybridized carbons (Fsp3) is 0.500. The van der Waals surface area contributed by atoms with Gasteiger partial charge < -0.3 is 20.7 Å². The molecule has 3 N–H and O–H groups in total. The van der Waals surface area contributed by atoms with Crippen LogP contribution in [0.4, 0.5) is 16.2 Å². The van der Waals surface area contributed by atoms with Crippen molar-refractivity contribution in [3.8, 4) is 0 Å². The number of rotatable bonds is 3. The normalized spacial score (nSPS) is 19.2. The van der Waals surface area contributed by atoms with Crippen molar-refractivity contribution < 1.29 is 9.53 Å². The van der Waals surface area contributed by atoms with Gasteiger partial charge in [-0.1, -0.05) is 6.07 Å². The summed E-state index contributed by atoms with van der Waals surface area (Å²) in [6.07, 6.45) is 2.15. The first-order chi connectivity index (χ1) is 9.19. The Labute approximate surface area is 113 Å². The van der Waals surface area contributed by atoms with E-state index in [2.05, 4.69) is 5.32 Å². The van der Waals surface area contributed by atoms with Gasteiger partial charge in [-0.15, -0.1) is 0 Å². The summed E-state index contributed by atoms with van der Waals surface area (Å²) in [7, 11) is 1.70. The molecule has 1 aromatic carbocycles. The second-order valence-corrected chi connectivity index (χ2v) is 4.97. The van der Waals surface area contributed by atoms with Crippen LogP contribution in [0.3, 0.4) is 0 Å². The molecule has 1 aliphatic rings. The van der Waals surface area contributed by atoms with E-state index < -0.39 is 0 Å². The number of nitrogens with zero attached hydrogens (tertiary/aromatic N) is 1. The standard InChI is InChI=1S/C14H21N3O2/c1-19-10-11-4-3-7-17(9-11)14(18)16-13-6-2-5-12(15)8-13/h2,5-6,8,11H,3-4,7,9-10,15H2,1H3,(H,16,18). The molecule has 0 bridgehead atoms. The molecule has 0 saturated carbocycles. The minimum absolute atomic E-state index is 0.0635. The van der Waals surface area contributed by atoms with Gasteiger partial charge in [0.15, 0.2) is 0 Å². The van der Waals surface area contributed by atoms with Crippen molar-refractivity contribution >= 4 is 17.4 Å². The summed E-state index contributed by atoms with van der Waals surface area (Å²) in [5.74, 6) is 0.436. The Kier molecular flexibility index (Phi) is 4.63. The number of likely N-dealkylation sites (tertiary alicyclic amines) is 1. The van der Waals surface area contributed by atoms with E-state index in [-0.39, 0.29) is 6.03 Å². The van der Waals surface area contributed by atoms with Crippen molar-refractivity contribution in [2.24, 2.45) is 5.92 Å². The molecule has 0 aliphatic carbocycles. The lowest BCUT2D eigenvalue weighted by Gasteiger charge is -2.32. The van der Waals surface area contributed by atoms with Crippen LogP contribution in [0.15, 0.2) is 24.3 Å². The highest BCUT2D eigenvalue weighted by atomic mass is 16.5. The first-order valence-corrected chi connectivity index (χ1v) is 6.59. The zero-order chi connectivity index (χ0) is 13.7. The largest absolute Gasteiger partial charge is 0.399 e. The Balaban J connectivity index is 1.92. The van der Waals surface area contributed by atoms with Gasteiger partial charge in [0.25, 0.3) is 0 Å². The van der Waals surface area contributed by atoms with E-state index in [1.165, 1.54) is 0 Å². The van der Waals surface area contributed by atoms with E-state index in [0.717, 1.165) is 31.6 Å². The number of hydrogen-bond acceptors (Lipinski definition) is 3. The third-order valence-electron chi connectivity index (χ3n) is 3.35. The summed E-state index contributed by atoms with van der Waals surface area (Å²) < 4.78 is 5.17. The van der Waals surface area contributed by atoms with Crippen LogP contribution in [0.5, 0.6) is 0 Å². The van der Waals surface area contributed by atoms with Crippen LogP contribution in [0.25, 0.3) is 0 Å². The Morgan fingerprint density at radius 2 is 2.42 bits per heavy atom. The molecule has 2 rings (SSSR count). The van der Waals surface area contributed by atoms with Crippen LogP contribution >= 0.6 is 0 Å². The third-order valence-corrected chi connectivity index (χ3v) is 3.35. The van der Waals surface area contributed by atoms with Gasteiger partial charge in [0.2, 0.25) is 0 Å². The number of nitrogens with two attached hydrogens (primary N) is 1. The van der Waals surface area contributed by atoms with Crippen molar-refractivity contribution in [1.29, 1.82) is 0 Å². The molecular weight excluding hydrogens is 242 g/mol. The number of piperidine rings is 1. The molecule has 1 fully saturated rings. The number of carbonyl (C=O) groups excluding carboxylic acids is 1. The molecule has 1 aromatic rings. The Morgan fingerprint density at radius 1 is 1.58 bits per heavy atom. The lowest BCUT2D eigenvalue weighted by molar-refractivity contribution is 0.104. The van der Waals surface area contributed by atoms with Crippen LogP contribution in [0.2, 0.25) is 0 Å². The number of anilines is 2. The summed E-state index contributed by atoms with van der Waals surface area (Å²) in [6.45, 7) is 2.26. The Hall–Kier alpha value is -1.75. The SMILES string of the molecule is COCC1CCCN(C(=O)Nc2cccc(N)c2)C1. The summed E-state index contributed by atoms with van der Waals surface area (Å²) in [5.41, 5.74) is 7.07. The molecule has 1 saturated heterocycles. The highest BCUT2D eigenvalue weighted by Gasteiger charge is 2.23. The topological polar surface area (TPSA) is 67.6 Å². The summed E-state index contributed by atoms with van der Waals surface area (Å²) in [4.78, 5) is 14.0. The van der Waals surface area contributed by atoms with Crippen LogP contribution in [-0.2, 0) is 4.74 Å². The first kappa shape index (κ1) is 13.7. The molecule has 5 nitrogen and oxygen atoms in total. The average molecular weight is 263 g/mol. The maximum absolute atomic E-state index is 12.2. The minimum Gasteiger partial charge on any atom is -0.399 e. The van der Waals surface area contributed by atoms with Crippen molar-refractivity contribution in [2.45, 2.75) is 12.8 Å². The molecule has 2 amide bonds. The predicted octanol–water partition coefficient (Wildman–Crippen LogP) is 2.16. The van der Waals surface area contributed by atoms with Gasteiger partial charge in [-0.3, -0.25) is 0 Å². The number of methoxy groups -OCH3 is 1. The maximum Gasteiger partial charge on any atom is 0.321 e. The van der Waals surface area contributed by atoms with Gasteiger partial charge in [-0.25, -0.2) is 4.79 Å². The number of hydrogen-bond donors (Lipinski definition) is 2. The second kappa shape index (κ2) is 6.43. The number of nitrogens with one attached hydrogen (secondary N) is 1. The van der Waals surface area contributed by atoms with Gasteiger partial charge in [0.05, 0.1) is 6.61 Å². The Morgan fingerprint density at radius 3 is 3.16 bits per heavy atom. The van der Waals surface area contributed by atoms with Gasteiger partial charge in [0.1, 0.15) is 0 Å². The smallest absolute Gasteiger partial charge is 0.321 e. The first-order valence-electron chi connectivity index (χ1n) is 6.59. The lowest BCUT2D eigenvalue weighted by Crippen LogP contribution is -2.43. The average Bonchev–Trinajstić information content (AvgIpc) is 2.39. The molecule has 1 aliphatic heterocycles. The van der Waals surface area contributed by atoms with Crippen molar-refractivity contribution in [3.05, 3.63) is 24.3 Å². The van der Waals surface area contributed by atoms with E-state index in [1.807, 2.05) is 17.0 Å². The van der Waals surface area contributed by atoms with E-state index >= 15 is 0 Å². The number of ether oxygens (including phenoxy) is 1. The molecule has 0 radical (unpaired) electrons. The van der Waals surface area contributed by atoms with E-state index in [9.17, 15) is 4.79 Å². The molecule has 0 aromatic heterocycles. The summed E-state index contributed by atoms with van der Waals surface area (Å²) in [5, 5.41) is 2.88. The molecular formula is C14H21N3O2. The van der Waals surface area contributed by atoms with Gasteiger partial charge in [0, 0.05) is 37.5 Å². The quantitative estimate of drug-likeness (QED) is 0.821. The van der Waals surface area contributed by atoms with Crippen LogP contribution in [0, 0.1) is 5.92 Å². The fourth-order valence-electron chi connectivity index (χ4n) is 2.44. The van der Waals surface area contributed by atoms with E-state index in [4.69, 9.17) is 10.5 Å². The second-order valence-electron chi connectivity index (χ2n) is 4.97. The number of urea groups is 1. The molecule has 1 heterocycles. The highest BCUT2D eigenvalue weighted by Crippen LogP contribution is 2.18. The van der Waals surface area contributed by atoms with Gasteiger partial charge in [-0.05, 0) is 31.0 Å². The van der Waals surface area contributed by atoms with Crippen LogP contribution < -0.4 is 11.1 Å². The van der Waals surface area contributed by atoms with Gasteiger partial charge >= 0.3 is 6.03 Å². The van der Waals surface area contributed by atoms with Crippen molar-refractivity contribution in [1.82, 2.24) is 4.90 Å². The zero-order valence-electron chi connectivity index (χ0n) is 11.3. The fourth-order valence-corrected chi connectivity index (χ4v) is 2.44. The number of benzene rings is 1. The summed E-state index contributed by atoms with van der Waals surface area (Å²) >= 11 is 0. The molecule has 1 unspecified atom stereocenters. The van der Waals surface area contributed by atoms with Crippen LogP contribution in [0.1, 0.15) is 12.8 Å². The van der Waals surface area contributed by atoms with Crippen LogP contribution in [-0.4, -0.2) is 37.7 Å². The summed E-state index contributed by atoms with van der Waals surface area (Å²) in [6, 6.07) is 7.16. The molecule has 19 heavy (non-hydrogen) atoms. The van der Waals surface area contributed by atoms with E-state index in [0.29, 0.717) is 18.2 Å².